The van der Waals surface area contributed by atoms with Gasteiger partial charge in [0.25, 0.3) is 10.0 Å². The van der Waals surface area contributed by atoms with Gasteiger partial charge < -0.3 is 5.73 Å². The summed E-state index contributed by atoms with van der Waals surface area (Å²) in [6.07, 6.45) is 2.28. The summed E-state index contributed by atoms with van der Waals surface area (Å²) >= 11 is 0. The summed E-state index contributed by atoms with van der Waals surface area (Å²) in [4.78, 5) is 12.0. The van der Waals surface area contributed by atoms with Gasteiger partial charge in [0.15, 0.2) is 0 Å². The topological polar surface area (TPSA) is 89.3 Å². The van der Waals surface area contributed by atoms with Crippen LogP contribution in [0.25, 0.3) is 0 Å². The van der Waals surface area contributed by atoms with Gasteiger partial charge in [0.1, 0.15) is 0 Å². The molecular weight excluding hydrogens is 252 g/mol. The van der Waals surface area contributed by atoms with E-state index in [-0.39, 0.29) is 10.9 Å². The quantitative estimate of drug-likeness (QED) is 0.841. The number of nitrogens with one attached hydrogen (secondary N) is 1. The van der Waals surface area contributed by atoms with Gasteiger partial charge in [-0.3, -0.25) is 4.79 Å². The lowest BCUT2D eigenvalue weighted by Gasteiger charge is -2.15. The van der Waals surface area contributed by atoms with Gasteiger partial charge in [-0.1, -0.05) is 24.6 Å². The number of rotatable bonds is 3. The third-order valence-electron chi connectivity index (χ3n) is 3.19. The van der Waals surface area contributed by atoms with E-state index in [1.807, 2.05) is 0 Å². The van der Waals surface area contributed by atoms with Gasteiger partial charge in [-0.05, 0) is 25.0 Å². The molecular formula is C12H16N2O3S. The molecule has 1 aliphatic rings. The van der Waals surface area contributed by atoms with E-state index in [9.17, 15) is 13.2 Å². The molecule has 1 fully saturated rings. The Kier molecular flexibility index (Phi) is 3.68. The van der Waals surface area contributed by atoms with Crippen molar-refractivity contribution < 1.29 is 13.2 Å². The average molecular weight is 268 g/mol. The van der Waals surface area contributed by atoms with Crippen LogP contribution in [0.5, 0.6) is 0 Å². The summed E-state index contributed by atoms with van der Waals surface area (Å²) in [5, 5.41) is 0. The van der Waals surface area contributed by atoms with Gasteiger partial charge in [0, 0.05) is 6.04 Å². The number of hydrogen-bond acceptors (Lipinski definition) is 4. The Hall–Kier alpha value is -1.40. The van der Waals surface area contributed by atoms with Crippen LogP contribution in [-0.4, -0.2) is 20.4 Å². The van der Waals surface area contributed by atoms with E-state index in [2.05, 4.69) is 4.72 Å². The summed E-state index contributed by atoms with van der Waals surface area (Å²) in [7, 11) is -3.78. The van der Waals surface area contributed by atoms with Crippen molar-refractivity contribution >= 4 is 15.9 Å². The summed E-state index contributed by atoms with van der Waals surface area (Å²) in [6.45, 7) is 0. The van der Waals surface area contributed by atoms with Crippen molar-refractivity contribution in [2.75, 3.05) is 0 Å². The molecule has 2 rings (SSSR count). The number of carbonyl (C=O) groups is 1. The normalized spacial score (nSPS) is 23.8. The molecule has 2 atom stereocenters. The zero-order valence-corrected chi connectivity index (χ0v) is 10.7. The largest absolute Gasteiger partial charge is 0.327 e. The second-order valence-corrected chi connectivity index (χ2v) is 6.17. The van der Waals surface area contributed by atoms with Crippen molar-refractivity contribution in [3.8, 4) is 0 Å². The number of sulfonamides is 1. The summed E-state index contributed by atoms with van der Waals surface area (Å²) in [5.41, 5.74) is 5.78. The standard InChI is InChI=1S/C12H16N2O3S/c13-11-8-4-7-10(11)12(15)14-18(16,17)9-5-2-1-3-6-9/h1-3,5-6,10-11H,4,7-8,13H2,(H,14,15). The van der Waals surface area contributed by atoms with Crippen molar-refractivity contribution in [2.45, 2.75) is 30.2 Å². The zero-order chi connectivity index (χ0) is 13.2. The van der Waals surface area contributed by atoms with Crippen LogP contribution in [0.3, 0.4) is 0 Å². The minimum atomic E-state index is -3.78. The molecule has 6 heteroatoms. The average Bonchev–Trinajstić information content (AvgIpc) is 2.76. The smallest absolute Gasteiger partial charge is 0.264 e. The van der Waals surface area contributed by atoms with Gasteiger partial charge in [-0.2, -0.15) is 0 Å². The fourth-order valence-electron chi connectivity index (χ4n) is 2.18. The second kappa shape index (κ2) is 5.07. The van der Waals surface area contributed by atoms with E-state index >= 15 is 0 Å². The van der Waals surface area contributed by atoms with E-state index in [0.717, 1.165) is 12.8 Å². The van der Waals surface area contributed by atoms with E-state index in [4.69, 9.17) is 5.73 Å². The van der Waals surface area contributed by atoms with Crippen LogP contribution in [0.2, 0.25) is 0 Å². The fraction of sp³-hybridized carbons (Fsp3) is 0.417. The van der Waals surface area contributed by atoms with Crippen LogP contribution in [0.1, 0.15) is 19.3 Å². The van der Waals surface area contributed by atoms with Crippen LogP contribution in [-0.2, 0) is 14.8 Å². The maximum absolute atomic E-state index is 11.9. The highest BCUT2D eigenvalue weighted by atomic mass is 32.2. The fourth-order valence-corrected chi connectivity index (χ4v) is 3.23. The van der Waals surface area contributed by atoms with Gasteiger partial charge >= 0.3 is 0 Å². The van der Waals surface area contributed by atoms with Gasteiger partial charge in [-0.15, -0.1) is 0 Å². The van der Waals surface area contributed by atoms with Crippen LogP contribution >= 0.6 is 0 Å². The van der Waals surface area contributed by atoms with Crippen LogP contribution in [0, 0.1) is 5.92 Å². The monoisotopic (exact) mass is 268 g/mol. The lowest BCUT2D eigenvalue weighted by molar-refractivity contribution is -0.123. The molecule has 0 spiro atoms. The first-order valence-electron chi connectivity index (χ1n) is 5.88. The Bertz CT molecular complexity index is 528. The molecule has 0 bridgehead atoms. The number of amides is 1. The molecule has 0 aliphatic heterocycles. The summed E-state index contributed by atoms with van der Waals surface area (Å²) in [5.74, 6) is -0.896. The molecule has 1 aromatic carbocycles. The predicted molar refractivity (Wildman–Crippen MR) is 67.1 cm³/mol. The molecule has 1 aliphatic carbocycles. The Morgan fingerprint density at radius 2 is 1.89 bits per heavy atom. The number of nitrogens with two attached hydrogens (primary N) is 1. The second-order valence-electron chi connectivity index (χ2n) is 4.48. The maximum Gasteiger partial charge on any atom is 0.264 e. The first-order chi connectivity index (χ1) is 8.50. The number of hydrogen-bond donors (Lipinski definition) is 2. The van der Waals surface area contributed by atoms with E-state index in [1.54, 1.807) is 18.2 Å². The molecule has 0 saturated heterocycles. The summed E-state index contributed by atoms with van der Waals surface area (Å²) in [6, 6.07) is 7.60. The van der Waals surface area contributed by atoms with Crippen LogP contribution in [0.4, 0.5) is 0 Å². The highest BCUT2D eigenvalue weighted by molar-refractivity contribution is 7.90. The summed E-state index contributed by atoms with van der Waals surface area (Å²) < 4.78 is 26.0. The van der Waals surface area contributed by atoms with Crippen LogP contribution in [0.15, 0.2) is 35.2 Å². The van der Waals surface area contributed by atoms with Gasteiger partial charge in [-0.25, -0.2) is 13.1 Å². The van der Waals surface area contributed by atoms with E-state index in [0.29, 0.717) is 6.42 Å². The predicted octanol–water partition coefficient (Wildman–Crippen LogP) is 0.619. The number of carbonyl (C=O) groups excluding carboxylic acids is 1. The van der Waals surface area contributed by atoms with Crippen molar-refractivity contribution in [3.05, 3.63) is 30.3 Å². The molecule has 0 radical (unpaired) electrons. The van der Waals surface area contributed by atoms with Crippen molar-refractivity contribution in [1.29, 1.82) is 0 Å². The SMILES string of the molecule is NC1CCCC1C(=O)NS(=O)(=O)c1ccccc1. The van der Waals surface area contributed by atoms with E-state index in [1.165, 1.54) is 12.1 Å². The molecule has 0 heterocycles. The third-order valence-corrected chi connectivity index (χ3v) is 4.56. The molecule has 5 nitrogen and oxygen atoms in total. The first-order valence-corrected chi connectivity index (χ1v) is 7.36. The number of benzene rings is 1. The lowest BCUT2D eigenvalue weighted by atomic mass is 10.0. The van der Waals surface area contributed by atoms with Gasteiger partial charge in [0.2, 0.25) is 5.91 Å². The molecule has 0 aromatic heterocycles. The Labute approximate surface area is 106 Å². The molecule has 1 saturated carbocycles. The first kappa shape index (κ1) is 13.0. The molecule has 1 aromatic rings. The minimum Gasteiger partial charge on any atom is -0.327 e. The highest BCUT2D eigenvalue weighted by Crippen LogP contribution is 2.24. The van der Waals surface area contributed by atoms with E-state index < -0.39 is 21.8 Å². The molecule has 18 heavy (non-hydrogen) atoms. The lowest BCUT2D eigenvalue weighted by Crippen LogP contribution is -2.41. The highest BCUT2D eigenvalue weighted by Gasteiger charge is 2.32. The molecule has 98 valence electrons. The van der Waals surface area contributed by atoms with Crippen molar-refractivity contribution in [3.63, 3.8) is 0 Å². The Balaban J connectivity index is 2.12. The van der Waals surface area contributed by atoms with Gasteiger partial charge in [0.05, 0.1) is 10.8 Å². The maximum atomic E-state index is 11.9. The Morgan fingerprint density at radius 1 is 1.22 bits per heavy atom. The van der Waals surface area contributed by atoms with Crippen molar-refractivity contribution in [1.82, 2.24) is 4.72 Å². The zero-order valence-electron chi connectivity index (χ0n) is 9.87. The van der Waals surface area contributed by atoms with Crippen molar-refractivity contribution in [2.24, 2.45) is 11.7 Å². The third kappa shape index (κ3) is 2.70. The Morgan fingerprint density at radius 3 is 2.44 bits per heavy atom. The molecule has 2 unspecified atom stereocenters. The molecule has 3 N–H and O–H groups in total. The van der Waals surface area contributed by atoms with Crippen LogP contribution < -0.4 is 10.5 Å². The minimum absolute atomic E-state index is 0.0879. The molecule has 1 amide bonds.